The fraction of sp³-hybridized carbons (Fsp3) is 0.381. The Morgan fingerprint density at radius 2 is 1.72 bits per heavy atom. The van der Waals surface area contributed by atoms with Crippen molar-refractivity contribution < 1.29 is 19.4 Å². The summed E-state index contributed by atoms with van der Waals surface area (Å²) in [7, 11) is 1.60. The minimum absolute atomic E-state index is 0.410. The molecule has 0 radical (unpaired) electrons. The van der Waals surface area contributed by atoms with E-state index in [1.165, 1.54) is 5.56 Å². The van der Waals surface area contributed by atoms with Gasteiger partial charge in [0.15, 0.2) is 11.5 Å². The first-order chi connectivity index (χ1) is 12.1. The summed E-state index contributed by atoms with van der Waals surface area (Å²) in [5, 5.41) is 9.67. The molecular formula is C21H26O4. The lowest BCUT2D eigenvalue weighted by molar-refractivity contribution is -0.138. The zero-order valence-corrected chi connectivity index (χ0v) is 15.1. The highest BCUT2D eigenvalue weighted by Crippen LogP contribution is 2.31. The van der Waals surface area contributed by atoms with Crippen molar-refractivity contribution in [2.45, 2.75) is 39.0 Å². The lowest BCUT2D eigenvalue weighted by atomic mass is 9.91. The monoisotopic (exact) mass is 342 g/mol. The summed E-state index contributed by atoms with van der Waals surface area (Å²) in [6, 6.07) is 13.4. The molecule has 1 atom stereocenters. The van der Waals surface area contributed by atoms with Crippen LogP contribution in [0.4, 0.5) is 0 Å². The minimum atomic E-state index is -0.823. The highest BCUT2D eigenvalue weighted by molar-refractivity contribution is 5.76. The summed E-state index contributed by atoms with van der Waals surface area (Å²) in [5.74, 6) is -0.0851. The Bertz CT molecular complexity index is 692. The van der Waals surface area contributed by atoms with Crippen LogP contribution in [0.3, 0.4) is 0 Å². The number of hydrogen-bond acceptors (Lipinski definition) is 3. The molecule has 0 spiro atoms. The largest absolute Gasteiger partial charge is 0.493 e. The molecular weight excluding hydrogens is 316 g/mol. The van der Waals surface area contributed by atoms with Crippen molar-refractivity contribution in [1.82, 2.24) is 0 Å². The summed E-state index contributed by atoms with van der Waals surface area (Å²) >= 11 is 0. The van der Waals surface area contributed by atoms with Crippen LogP contribution in [0.5, 0.6) is 11.5 Å². The van der Waals surface area contributed by atoms with Gasteiger partial charge in [-0.1, -0.05) is 44.2 Å². The van der Waals surface area contributed by atoms with Gasteiger partial charge in [0, 0.05) is 0 Å². The molecule has 0 saturated heterocycles. The van der Waals surface area contributed by atoms with E-state index in [-0.39, 0.29) is 0 Å². The Kier molecular flexibility index (Phi) is 6.87. The highest BCUT2D eigenvalue weighted by atomic mass is 16.5. The van der Waals surface area contributed by atoms with E-state index in [4.69, 9.17) is 9.47 Å². The van der Waals surface area contributed by atoms with Gasteiger partial charge in [0.05, 0.1) is 19.6 Å². The molecule has 0 fully saturated rings. The van der Waals surface area contributed by atoms with Crippen LogP contribution in [0, 0.1) is 0 Å². The van der Waals surface area contributed by atoms with Gasteiger partial charge in [-0.15, -0.1) is 0 Å². The summed E-state index contributed by atoms with van der Waals surface area (Å²) in [6.07, 6.45) is 2.25. The highest BCUT2D eigenvalue weighted by Gasteiger charge is 2.21. The summed E-state index contributed by atoms with van der Waals surface area (Å²) in [6.45, 7) is 4.72. The van der Waals surface area contributed by atoms with E-state index >= 15 is 0 Å². The van der Waals surface area contributed by atoms with E-state index in [2.05, 4.69) is 6.92 Å². The van der Waals surface area contributed by atoms with Crippen molar-refractivity contribution in [3.63, 3.8) is 0 Å². The third-order valence-corrected chi connectivity index (χ3v) is 4.22. The molecule has 1 unspecified atom stereocenters. The molecule has 1 N–H and O–H groups in total. The van der Waals surface area contributed by atoms with Crippen LogP contribution in [-0.2, 0) is 17.6 Å². The van der Waals surface area contributed by atoms with E-state index in [1.54, 1.807) is 7.11 Å². The Morgan fingerprint density at radius 1 is 1.04 bits per heavy atom. The third-order valence-electron chi connectivity index (χ3n) is 4.22. The average Bonchev–Trinajstić information content (AvgIpc) is 2.64. The van der Waals surface area contributed by atoms with Gasteiger partial charge >= 0.3 is 5.97 Å². The van der Waals surface area contributed by atoms with Crippen molar-refractivity contribution in [3.05, 3.63) is 59.2 Å². The number of benzene rings is 2. The first-order valence-electron chi connectivity index (χ1n) is 8.70. The predicted molar refractivity (Wildman–Crippen MR) is 98.7 cm³/mol. The van der Waals surface area contributed by atoms with Crippen LogP contribution in [-0.4, -0.2) is 24.8 Å². The van der Waals surface area contributed by atoms with Gasteiger partial charge in [0.25, 0.3) is 0 Å². The standard InChI is InChI=1S/C21H26O4/c1-4-12-25-20-14-16(8-11-19(20)24-3)13-18(21(22)23)17-9-6-15(5-2)7-10-17/h6-11,14,18H,4-5,12-13H2,1-3H3,(H,22,23). The Morgan fingerprint density at radius 3 is 2.28 bits per heavy atom. The Hall–Kier alpha value is -2.49. The average molecular weight is 342 g/mol. The second kappa shape index (κ2) is 9.11. The smallest absolute Gasteiger partial charge is 0.311 e. The fourth-order valence-corrected chi connectivity index (χ4v) is 2.74. The molecule has 0 bridgehead atoms. The van der Waals surface area contributed by atoms with Crippen molar-refractivity contribution in [2.24, 2.45) is 0 Å². The molecule has 0 heterocycles. The number of carbonyl (C=O) groups is 1. The molecule has 0 aliphatic rings. The van der Waals surface area contributed by atoms with Crippen LogP contribution >= 0.6 is 0 Å². The lowest BCUT2D eigenvalue weighted by Gasteiger charge is -2.16. The summed E-state index contributed by atoms with van der Waals surface area (Å²) < 4.78 is 11.0. The first kappa shape index (κ1) is 18.8. The molecule has 2 aromatic carbocycles. The van der Waals surface area contributed by atoms with E-state index in [0.717, 1.165) is 24.0 Å². The molecule has 0 saturated carbocycles. The number of aryl methyl sites for hydroxylation is 1. The lowest BCUT2D eigenvalue weighted by Crippen LogP contribution is -2.14. The molecule has 0 aliphatic carbocycles. The van der Waals surface area contributed by atoms with Gasteiger partial charge in [0.1, 0.15) is 0 Å². The maximum atomic E-state index is 11.8. The number of carboxylic acids is 1. The SMILES string of the molecule is CCCOc1cc(CC(C(=O)O)c2ccc(CC)cc2)ccc1OC. The topological polar surface area (TPSA) is 55.8 Å². The normalized spacial score (nSPS) is 11.8. The van der Waals surface area contributed by atoms with Crippen molar-refractivity contribution in [2.75, 3.05) is 13.7 Å². The van der Waals surface area contributed by atoms with Crippen molar-refractivity contribution in [3.8, 4) is 11.5 Å². The minimum Gasteiger partial charge on any atom is -0.493 e. The number of hydrogen-bond donors (Lipinski definition) is 1. The molecule has 134 valence electrons. The molecule has 0 aromatic heterocycles. The number of aliphatic carboxylic acids is 1. The van der Waals surface area contributed by atoms with E-state index in [0.29, 0.717) is 24.5 Å². The third kappa shape index (κ3) is 4.99. The van der Waals surface area contributed by atoms with Gasteiger partial charge < -0.3 is 14.6 Å². The second-order valence-electron chi connectivity index (χ2n) is 6.02. The van der Waals surface area contributed by atoms with Crippen LogP contribution in [0.2, 0.25) is 0 Å². The van der Waals surface area contributed by atoms with Gasteiger partial charge in [-0.3, -0.25) is 4.79 Å². The zero-order valence-electron chi connectivity index (χ0n) is 15.1. The molecule has 0 aliphatic heterocycles. The first-order valence-corrected chi connectivity index (χ1v) is 8.70. The molecule has 4 heteroatoms. The van der Waals surface area contributed by atoms with Crippen LogP contribution in [0.1, 0.15) is 42.9 Å². The Labute approximate surface area is 149 Å². The van der Waals surface area contributed by atoms with Crippen molar-refractivity contribution in [1.29, 1.82) is 0 Å². The van der Waals surface area contributed by atoms with Gasteiger partial charge in [-0.25, -0.2) is 0 Å². The van der Waals surface area contributed by atoms with Gasteiger partial charge in [-0.2, -0.15) is 0 Å². The second-order valence-corrected chi connectivity index (χ2v) is 6.02. The predicted octanol–water partition coefficient (Wildman–Crippen LogP) is 4.46. The molecule has 0 amide bonds. The van der Waals surface area contributed by atoms with E-state index < -0.39 is 11.9 Å². The van der Waals surface area contributed by atoms with E-state index in [9.17, 15) is 9.90 Å². The molecule has 2 rings (SSSR count). The van der Waals surface area contributed by atoms with Crippen LogP contribution < -0.4 is 9.47 Å². The number of rotatable bonds is 9. The van der Waals surface area contributed by atoms with E-state index in [1.807, 2.05) is 49.4 Å². The molecule has 4 nitrogen and oxygen atoms in total. The molecule has 2 aromatic rings. The number of ether oxygens (including phenoxy) is 2. The summed E-state index contributed by atoms with van der Waals surface area (Å²) in [5.41, 5.74) is 2.93. The molecule has 25 heavy (non-hydrogen) atoms. The maximum Gasteiger partial charge on any atom is 0.311 e. The van der Waals surface area contributed by atoms with Crippen LogP contribution in [0.25, 0.3) is 0 Å². The van der Waals surface area contributed by atoms with Gasteiger partial charge in [0.2, 0.25) is 0 Å². The Balaban J connectivity index is 2.25. The summed E-state index contributed by atoms with van der Waals surface area (Å²) in [4.78, 5) is 11.8. The quantitative estimate of drug-likeness (QED) is 0.731. The van der Waals surface area contributed by atoms with Crippen molar-refractivity contribution >= 4 is 5.97 Å². The number of methoxy groups -OCH3 is 1. The van der Waals surface area contributed by atoms with Gasteiger partial charge in [-0.05, 0) is 48.1 Å². The zero-order chi connectivity index (χ0) is 18.2. The fourth-order valence-electron chi connectivity index (χ4n) is 2.74. The van der Waals surface area contributed by atoms with Crippen LogP contribution in [0.15, 0.2) is 42.5 Å². The maximum absolute atomic E-state index is 11.8. The number of carboxylic acid groups (broad SMARTS) is 1.